The molecule has 0 unspecified atom stereocenters. The van der Waals surface area contributed by atoms with Gasteiger partial charge in [-0.1, -0.05) is 48.0 Å². The largest absolute Gasteiger partial charge is 0.305 e. The molecule has 0 aliphatic carbocycles. The third-order valence-electron chi connectivity index (χ3n) is 4.70. The van der Waals surface area contributed by atoms with Crippen molar-refractivity contribution in [2.75, 3.05) is 5.32 Å². The fourth-order valence-corrected chi connectivity index (χ4v) is 3.38. The van der Waals surface area contributed by atoms with Crippen molar-refractivity contribution in [1.82, 2.24) is 19.6 Å². The molecule has 1 amide bonds. The number of nitrogens with one attached hydrogen (secondary N) is 1. The number of rotatable bonds is 4. The van der Waals surface area contributed by atoms with Gasteiger partial charge in [-0.05, 0) is 24.6 Å². The van der Waals surface area contributed by atoms with Crippen LogP contribution in [-0.4, -0.2) is 25.5 Å². The first-order chi connectivity index (χ1) is 14.0. The number of aromatic nitrogens is 4. The van der Waals surface area contributed by atoms with E-state index in [9.17, 15) is 9.59 Å². The topological polar surface area (TPSA) is 81.8 Å². The van der Waals surface area contributed by atoms with E-state index in [2.05, 4.69) is 15.5 Å². The van der Waals surface area contributed by atoms with Crippen LogP contribution in [0.25, 0.3) is 10.8 Å². The lowest BCUT2D eigenvalue weighted by atomic mass is 10.1. The molecule has 0 fully saturated rings. The van der Waals surface area contributed by atoms with Crippen molar-refractivity contribution >= 4 is 34.1 Å². The Labute approximate surface area is 171 Å². The molecular weight excluding hydrogens is 390 g/mol. The highest BCUT2D eigenvalue weighted by molar-refractivity contribution is 6.31. The normalized spacial score (nSPS) is 11.0. The van der Waals surface area contributed by atoms with Crippen molar-refractivity contribution in [3.8, 4) is 0 Å². The fourth-order valence-electron chi connectivity index (χ4n) is 3.18. The minimum atomic E-state index is -0.416. The van der Waals surface area contributed by atoms with Gasteiger partial charge in [-0.15, -0.1) is 0 Å². The van der Waals surface area contributed by atoms with Crippen LogP contribution in [0.5, 0.6) is 0 Å². The summed E-state index contributed by atoms with van der Waals surface area (Å²) in [6.45, 7) is 2.27. The molecule has 0 atom stereocenters. The first kappa shape index (κ1) is 18.9. The van der Waals surface area contributed by atoms with Gasteiger partial charge in [0.2, 0.25) is 0 Å². The highest BCUT2D eigenvalue weighted by Crippen LogP contribution is 2.22. The molecule has 0 aliphatic rings. The van der Waals surface area contributed by atoms with Gasteiger partial charge < -0.3 is 5.32 Å². The molecule has 2 aromatic heterocycles. The van der Waals surface area contributed by atoms with Crippen LogP contribution < -0.4 is 10.9 Å². The van der Waals surface area contributed by atoms with Crippen molar-refractivity contribution in [3.05, 3.63) is 86.9 Å². The lowest BCUT2D eigenvalue weighted by molar-refractivity contribution is 0.102. The Morgan fingerprint density at radius 3 is 2.55 bits per heavy atom. The summed E-state index contributed by atoms with van der Waals surface area (Å²) in [5.41, 5.74) is 1.61. The Morgan fingerprint density at radius 2 is 1.79 bits per heavy atom. The van der Waals surface area contributed by atoms with Crippen molar-refractivity contribution in [3.63, 3.8) is 0 Å². The van der Waals surface area contributed by atoms with Gasteiger partial charge in [0, 0.05) is 23.0 Å². The predicted molar refractivity (Wildman–Crippen MR) is 112 cm³/mol. The smallest absolute Gasteiger partial charge is 0.277 e. The zero-order valence-corrected chi connectivity index (χ0v) is 16.6. The van der Waals surface area contributed by atoms with Crippen molar-refractivity contribution < 1.29 is 4.79 Å². The molecule has 0 spiro atoms. The van der Waals surface area contributed by atoms with E-state index in [4.69, 9.17) is 11.6 Å². The van der Waals surface area contributed by atoms with Crippen LogP contribution in [0.4, 0.5) is 5.82 Å². The van der Waals surface area contributed by atoms with E-state index in [0.717, 1.165) is 11.1 Å². The number of halogens is 1. The van der Waals surface area contributed by atoms with Crippen LogP contribution in [0.3, 0.4) is 0 Å². The molecular formula is C21H18ClN5O2. The number of aryl methyl sites for hydroxylation is 2. The van der Waals surface area contributed by atoms with Gasteiger partial charge in [0.05, 0.1) is 18.1 Å². The maximum Gasteiger partial charge on any atom is 0.277 e. The minimum Gasteiger partial charge on any atom is -0.305 e. The molecule has 29 heavy (non-hydrogen) atoms. The van der Waals surface area contributed by atoms with Gasteiger partial charge in [0.25, 0.3) is 11.5 Å². The van der Waals surface area contributed by atoms with Gasteiger partial charge in [-0.2, -0.15) is 10.2 Å². The van der Waals surface area contributed by atoms with Crippen molar-refractivity contribution in [2.45, 2.75) is 13.5 Å². The summed E-state index contributed by atoms with van der Waals surface area (Å²) in [5.74, 6) is 0.135. The standard InChI is InChI=1S/C21H18ClN5O2/c1-13-11-23-27(12-14-7-3-6-10-17(14)22)19(13)24-20(28)18-15-8-4-5-9-16(15)21(29)26(2)25-18/h3-11H,12H2,1-2H3,(H,24,28). The molecule has 0 bridgehead atoms. The van der Waals surface area contributed by atoms with E-state index in [1.165, 1.54) is 11.7 Å². The number of amides is 1. The van der Waals surface area contributed by atoms with E-state index >= 15 is 0 Å². The fraction of sp³-hybridized carbons (Fsp3) is 0.143. The first-order valence-corrected chi connectivity index (χ1v) is 9.36. The molecule has 1 N–H and O–H groups in total. The van der Waals surface area contributed by atoms with Gasteiger partial charge in [0.1, 0.15) is 5.82 Å². The molecule has 0 radical (unpaired) electrons. The Morgan fingerprint density at radius 1 is 1.10 bits per heavy atom. The van der Waals surface area contributed by atoms with E-state index in [0.29, 0.717) is 28.2 Å². The molecule has 0 aliphatic heterocycles. The second kappa shape index (κ2) is 7.52. The average Bonchev–Trinajstić information content (AvgIpc) is 3.06. The Hall–Kier alpha value is -3.45. The third kappa shape index (κ3) is 3.52. The summed E-state index contributed by atoms with van der Waals surface area (Å²) in [6.07, 6.45) is 1.68. The van der Waals surface area contributed by atoms with Crippen LogP contribution in [0.2, 0.25) is 5.02 Å². The van der Waals surface area contributed by atoms with Crippen LogP contribution >= 0.6 is 11.6 Å². The van der Waals surface area contributed by atoms with Gasteiger partial charge >= 0.3 is 0 Å². The molecule has 2 heterocycles. The van der Waals surface area contributed by atoms with E-state index in [-0.39, 0.29) is 11.3 Å². The number of carbonyl (C=O) groups excluding carboxylic acids is 1. The van der Waals surface area contributed by atoms with E-state index in [1.807, 2.05) is 31.2 Å². The summed E-state index contributed by atoms with van der Waals surface area (Å²) in [7, 11) is 1.53. The number of anilines is 1. The maximum atomic E-state index is 13.1. The van der Waals surface area contributed by atoms with Gasteiger partial charge in [0.15, 0.2) is 5.69 Å². The summed E-state index contributed by atoms with van der Waals surface area (Å²) < 4.78 is 2.85. The Bertz CT molecular complexity index is 1290. The minimum absolute atomic E-state index is 0.174. The highest BCUT2D eigenvalue weighted by atomic mass is 35.5. The van der Waals surface area contributed by atoms with Crippen LogP contribution in [-0.2, 0) is 13.6 Å². The van der Waals surface area contributed by atoms with E-state index < -0.39 is 5.91 Å². The second-order valence-corrected chi connectivity index (χ2v) is 7.11. The number of fused-ring (bicyclic) bond motifs is 1. The van der Waals surface area contributed by atoms with Crippen molar-refractivity contribution in [2.24, 2.45) is 7.05 Å². The van der Waals surface area contributed by atoms with Crippen LogP contribution in [0.15, 0.2) is 59.5 Å². The highest BCUT2D eigenvalue weighted by Gasteiger charge is 2.19. The molecule has 8 heteroatoms. The lowest BCUT2D eigenvalue weighted by Crippen LogP contribution is -2.26. The lowest BCUT2D eigenvalue weighted by Gasteiger charge is -2.12. The molecule has 2 aromatic carbocycles. The van der Waals surface area contributed by atoms with E-state index in [1.54, 1.807) is 35.1 Å². The number of carbonyl (C=O) groups is 1. The molecule has 4 rings (SSSR count). The SMILES string of the molecule is Cc1cnn(Cc2ccccc2Cl)c1NC(=O)c1nn(C)c(=O)c2ccccc12. The predicted octanol–water partition coefficient (Wildman–Crippen LogP) is 3.39. The second-order valence-electron chi connectivity index (χ2n) is 6.70. The first-order valence-electron chi connectivity index (χ1n) is 8.99. The zero-order chi connectivity index (χ0) is 20.5. The zero-order valence-electron chi connectivity index (χ0n) is 15.9. The van der Waals surface area contributed by atoms with Crippen molar-refractivity contribution in [1.29, 1.82) is 0 Å². The number of hydrogen-bond donors (Lipinski definition) is 1. The summed E-state index contributed by atoms with van der Waals surface area (Å²) >= 11 is 6.26. The number of benzene rings is 2. The molecule has 7 nitrogen and oxygen atoms in total. The average molecular weight is 408 g/mol. The molecule has 0 saturated heterocycles. The molecule has 4 aromatic rings. The van der Waals surface area contributed by atoms with Crippen LogP contribution in [0, 0.1) is 6.92 Å². The Kier molecular flexibility index (Phi) is 4.90. The summed E-state index contributed by atoms with van der Waals surface area (Å²) in [5, 5.41) is 13.0. The van der Waals surface area contributed by atoms with Gasteiger partial charge in [-0.3, -0.25) is 9.59 Å². The molecule has 0 saturated carbocycles. The Balaban J connectivity index is 1.71. The summed E-state index contributed by atoms with van der Waals surface area (Å²) in [4.78, 5) is 25.4. The monoisotopic (exact) mass is 407 g/mol. The quantitative estimate of drug-likeness (QED) is 0.562. The summed E-state index contributed by atoms with van der Waals surface area (Å²) in [6, 6.07) is 14.4. The number of nitrogens with zero attached hydrogens (tertiary/aromatic N) is 4. The third-order valence-corrected chi connectivity index (χ3v) is 5.07. The molecule has 146 valence electrons. The maximum absolute atomic E-state index is 13.1. The van der Waals surface area contributed by atoms with Crippen LogP contribution in [0.1, 0.15) is 21.6 Å². The van der Waals surface area contributed by atoms with Gasteiger partial charge in [-0.25, -0.2) is 9.36 Å². The number of hydrogen-bond acceptors (Lipinski definition) is 4.